The molecule has 0 bridgehead atoms. The number of hydrogen-bond donors (Lipinski definition) is 1. The Balaban J connectivity index is 1.45. The molecule has 0 unspecified atom stereocenters. The monoisotopic (exact) mass is 394 g/mol. The summed E-state index contributed by atoms with van der Waals surface area (Å²) in [6, 6.07) is 12.6. The molecule has 2 fully saturated rings. The van der Waals surface area contributed by atoms with Crippen LogP contribution in [0.3, 0.4) is 0 Å². The Hall–Kier alpha value is -3.02. The molecule has 2 aromatic rings. The highest BCUT2D eigenvalue weighted by Gasteiger charge is 2.25. The topological polar surface area (TPSA) is 67.9 Å². The lowest BCUT2D eigenvalue weighted by atomic mass is 10.2. The number of methoxy groups -OCH3 is 1. The molecule has 1 aliphatic heterocycles. The fraction of sp³-hybridized carbons (Fsp3) is 0.391. The summed E-state index contributed by atoms with van der Waals surface area (Å²) in [7, 11) is 1.58. The summed E-state index contributed by atoms with van der Waals surface area (Å²) in [4.78, 5) is 26.5. The second-order valence-corrected chi connectivity index (χ2v) is 7.54. The zero-order valence-corrected chi connectivity index (χ0v) is 16.6. The number of amides is 2. The van der Waals surface area contributed by atoms with Crippen molar-refractivity contribution in [2.45, 2.75) is 44.6 Å². The largest absolute Gasteiger partial charge is 0.495 e. The van der Waals surface area contributed by atoms with Crippen molar-refractivity contribution in [1.82, 2.24) is 0 Å². The van der Waals surface area contributed by atoms with Crippen molar-refractivity contribution in [3.63, 3.8) is 0 Å². The van der Waals surface area contributed by atoms with Gasteiger partial charge in [0.1, 0.15) is 11.5 Å². The lowest BCUT2D eigenvalue weighted by Gasteiger charge is -2.20. The van der Waals surface area contributed by atoms with Crippen molar-refractivity contribution < 1.29 is 19.1 Å². The lowest BCUT2D eigenvalue weighted by molar-refractivity contribution is -0.117. The second kappa shape index (κ2) is 8.55. The molecule has 1 saturated carbocycles. The Morgan fingerprint density at radius 1 is 1.07 bits per heavy atom. The van der Waals surface area contributed by atoms with Gasteiger partial charge in [-0.05, 0) is 74.6 Å². The molecule has 0 spiro atoms. The van der Waals surface area contributed by atoms with Gasteiger partial charge in [-0.1, -0.05) is 0 Å². The van der Waals surface area contributed by atoms with Crippen LogP contribution in [0.4, 0.5) is 11.4 Å². The first-order valence-electron chi connectivity index (χ1n) is 10.2. The zero-order valence-electron chi connectivity index (χ0n) is 16.6. The third kappa shape index (κ3) is 4.36. The summed E-state index contributed by atoms with van der Waals surface area (Å²) in [5.74, 6) is 1.28. The van der Waals surface area contributed by atoms with E-state index in [1.165, 1.54) is 12.8 Å². The van der Waals surface area contributed by atoms with Crippen molar-refractivity contribution in [2.75, 3.05) is 23.9 Å². The second-order valence-electron chi connectivity index (χ2n) is 7.54. The molecule has 0 aromatic heterocycles. The third-order valence-corrected chi connectivity index (χ3v) is 5.52. The number of nitrogens with one attached hydrogen (secondary N) is 1. The van der Waals surface area contributed by atoms with E-state index < -0.39 is 0 Å². The van der Waals surface area contributed by atoms with Gasteiger partial charge in [0, 0.05) is 24.2 Å². The standard InChI is InChI=1S/C23H26N2O4/c1-28-21-13-10-17(15-20(21)25-14-4-7-22(25)26)24-23(27)16-8-11-19(12-9-16)29-18-5-2-3-6-18/h8-13,15,18H,2-7,14H2,1H3,(H,24,27). The van der Waals surface area contributed by atoms with E-state index in [4.69, 9.17) is 9.47 Å². The van der Waals surface area contributed by atoms with Gasteiger partial charge in [0.05, 0.1) is 18.9 Å². The minimum atomic E-state index is -0.207. The van der Waals surface area contributed by atoms with Crippen molar-refractivity contribution >= 4 is 23.2 Å². The van der Waals surface area contributed by atoms with Gasteiger partial charge in [-0.25, -0.2) is 0 Å². The van der Waals surface area contributed by atoms with Gasteiger partial charge < -0.3 is 19.7 Å². The average molecular weight is 394 g/mol. The normalized spacial score (nSPS) is 16.9. The minimum Gasteiger partial charge on any atom is -0.495 e. The van der Waals surface area contributed by atoms with E-state index in [0.717, 1.165) is 25.0 Å². The van der Waals surface area contributed by atoms with Crippen LogP contribution in [0.25, 0.3) is 0 Å². The summed E-state index contributed by atoms with van der Waals surface area (Å²) < 4.78 is 11.4. The number of rotatable bonds is 6. The zero-order chi connectivity index (χ0) is 20.2. The van der Waals surface area contributed by atoms with Crippen molar-refractivity contribution in [2.24, 2.45) is 0 Å². The third-order valence-electron chi connectivity index (χ3n) is 5.52. The molecule has 1 aliphatic carbocycles. The van der Waals surface area contributed by atoms with Crippen LogP contribution < -0.4 is 19.7 Å². The Morgan fingerprint density at radius 2 is 1.83 bits per heavy atom. The molecule has 2 aromatic carbocycles. The lowest BCUT2D eigenvalue weighted by Crippen LogP contribution is -2.24. The highest BCUT2D eigenvalue weighted by Crippen LogP contribution is 2.34. The summed E-state index contributed by atoms with van der Waals surface area (Å²) >= 11 is 0. The van der Waals surface area contributed by atoms with Crippen LogP contribution in [0.5, 0.6) is 11.5 Å². The molecule has 0 radical (unpaired) electrons. The molecule has 1 heterocycles. The first-order valence-corrected chi connectivity index (χ1v) is 10.2. The maximum absolute atomic E-state index is 12.7. The number of nitrogens with zero attached hydrogens (tertiary/aromatic N) is 1. The molecule has 4 rings (SSSR count). The van der Waals surface area contributed by atoms with E-state index >= 15 is 0 Å². The summed E-state index contributed by atoms with van der Waals surface area (Å²) in [6.45, 7) is 0.662. The first-order chi connectivity index (χ1) is 14.1. The molecule has 0 atom stereocenters. The van der Waals surface area contributed by atoms with Crippen LogP contribution in [-0.2, 0) is 4.79 Å². The molecule has 2 amide bonds. The highest BCUT2D eigenvalue weighted by atomic mass is 16.5. The average Bonchev–Trinajstić information content (AvgIpc) is 3.40. The molecule has 6 nitrogen and oxygen atoms in total. The summed E-state index contributed by atoms with van der Waals surface area (Å²) in [5.41, 5.74) is 1.86. The Kier molecular flexibility index (Phi) is 5.69. The smallest absolute Gasteiger partial charge is 0.255 e. The molecule has 2 aliphatic rings. The van der Waals surface area contributed by atoms with Crippen LogP contribution in [0.2, 0.25) is 0 Å². The molecule has 6 heteroatoms. The van der Waals surface area contributed by atoms with Gasteiger partial charge in [-0.15, -0.1) is 0 Å². The number of hydrogen-bond acceptors (Lipinski definition) is 4. The van der Waals surface area contributed by atoms with Crippen LogP contribution >= 0.6 is 0 Å². The van der Waals surface area contributed by atoms with Gasteiger partial charge in [0.15, 0.2) is 0 Å². The number of anilines is 2. The van der Waals surface area contributed by atoms with E-state index in [1.54, 1.807) is 42.3 Å². The molecule has 29 heavy (non-hydrogen) atoms. The molecular weight excluding hydrogens is 368 g/mol. The van der Waals surface area contributed by atoms with E-state index in [1.807, 2.05) is 12.1 Å². The van der Waals surface area contributed by atoms with Crippen LogP contribution in [0.15, 0.2) is 42.5 Å². The van der Waals surface area contributed by atoms with Crippen molar-refractivity contribution in [3.05, 3.63) is 48.0 Å². The minimum absolute atomic E-state index is 0.0737. The quantitative estimate of drug-likeness (QED) is 0.789. The molecule has 1 saturated heterocycles. The molecular formula is C23H26N2O4. The van der Waals surface area contributed by atoms with Gasteiger partial charge in [0.2, 0.25) is 5.91 Å². The molecule has 152 valence electrons. The van der Waals surface area contributed by atoms with Gasteiger partial charge in [-0.3, -0.25) is 9.59 Å². The van der Waals surface area contributed by atoms with Gasteiger partial charge in [-0.2, -0.15) is 0 Å². The highest BCUT2D eigenvalue weighted by molar-refractivity contribution is 6.05. The van der Waals surface area contributed by atoms with E-state index in [9.17, 15) is 9.59 Å². The number of benzene rings is 2. The van der Waals surface area contributed by atoms with E-state index in [2.05, 4.69) is 5.32 Å². The number of carbonyl (C=O) groups excluding carboxylic acids is 2. The van der Waals surface area contributed by atoms with Crippen molar-refractivity contribution in [3.8, 4) is 11.5 Å². The van der Waals surface area contributed by atoms with E-state index in [-0.39, 0.29) is 11.8 Å². The summed E-state index contributed by atoms with van der Waals surface area (Å²) in [5, 5.41) is 2.91. The summed E-state index contributed by atoms with van der Waals surface area (Å²) in [6.07, 6.45) is 6.29. The number of ether oxygens (including phenoxy) is 2. The maximum atomic E-state index is 12.7. The maximum Gasteiger partial charge on any atom is 0.255 e. The number of carbonyl (C=O) groups is 2. The van der Waals surface area contributed by atoms with Crippen LogP contribution in [0.1, 0.15) is 48.9 Å². The van der Waals surface area contributed by atoms with E-state index in [0.29, 0.717) is 41.8 Å². The fourth-order valence-electron chi connectivity index (χ4n) is 3.97. The van der Waals surface area contributed by atoms with Gasteiger partial charge >= 0.3 is 0 Å². The van der Waals surface area contributed by atoms with Crippen LogP contribution in [0, 0.1) is 0 Å². The van der Waals surface area contributed by atoms with Gasteiger partial charge in [0.25, 0.3) is 5.91 Å². The fourth-order valence-corrected chi connectivity index (χ4v) is 3.97. The Labute approximate surface area is 170 Å². The van der Waals surface area contributed by atoms with Crippen molar-refractivity contribution in [1.29, 1.82) is 0 Å². The predicted molar refractivity (Wildman–Crippen MR) is 112 cm³/mol. The predicted octanol–water partition coefficient (Wildman–Crippen LogP) is 4.40. The Bertz CT molecular complexity index is 888. The van der Waals surface area contributed by atoms with Crippen LogP contribution in [-0.4, -0.2) is 31.6 Å². The SMILES string of the molecule is COc1ccc(NC(=O)c2ccc(OC3CCCC3)cc2)cc1N1CCCC1=O. The molecule has 1 N–H and O–H groups in total. The Morgan fingerprint density at radius 3 is 2.48 bits per heavy atom. The first kappa shape index (κ1) is 19.3.